The molecule has 8 nitrogen and oxygen atoms in total. The number of hydrogen-bond acceptors (Lipinski definition) is 6. The smallest absolute Gasteiger partial charge is 0.265 e. The summed E-state index contributed by atoms with van der Waals surface area (Å²) in [5.41, 5.74) is 2.18. The number of amides is 1. The lowest BCUT2D eigenvalue weighted by atomic mass is 10.1. The number of carbonyl (C=O) groups is 1. The molecular formula is C27H25FN4O4S. The van der Waals surface area contributed by atoms with Gasteiger partial charge in [-0.2, -0.15) is 0 Å². The molecule has 190 valence electrons. The fourth-order valence-electron chi connectivity index (χ4n) is 3.64. The summed E-state index contributed by atoms with van der Waals surface area (Å²) in [6, 6.07) is 20.6. The third kappa shape index (κ3) is 6.42. The van der Waals surface area contributed by atoms with Crippen molar-refractivity contribution in [3.63, 3.8) is 0 Å². The molecule has 0 radical (unpaired) electrons. The third-order valence-electron chi connectivity index (χ3n) is 5.43. The second kappa shape index (κ2) is 11.5. The quantitative estimate of drug-likeness (QED) is 0.265. The van der Waals surface area contributed by atoms with Gasteiger partial charge in [-0.3, -0.25) is 14.5 Å². The van der Waals surface area contributed by atoms with Crippen LogP contribution in [-0.4, -0.2) is 39.5 Å². The first kappa shape index (κ1) is 25.6. The molecule has 0 unspecified atom stereocenters. The molecule has 1 amide bonds. The average molecular weight is 521 g/mol. The van der Waals surface area contributed by atoms with E-state index in [2.05, 4.69) is 20.3 Å². The number of halogens is 1. The van der Waals surface area contributed by atoms with E-state index in [1.165, 1.54) is 25.3 Å². The van der Waals surface area contributed by atoms with E-state index in [4.69, 9.17) is 4.74 Å². The van der Waals surface area contributed by atoms with Gasteiger partial charge in [-0.15, -0.1) is 0 Å². The van der Waals surface area contributed by atoms with Gasteiger partial charge < -0.3 is 15.4 Å². The molecular weight excluding hydrogens is 495 g/mol. The molecule has 10 heteroatoms. The first-order valence-corrected chi connectivity index (χ1v) is 12.8. The zero-order chi connectivity index (χ0) is 26.3. The Balaban J connectivity index is 1.45. The highest BCUT2D eigenvalue weighted by atomic mass is 32.2. The summed E-state index contributed by atoms with van der Waals surface area (Å²) < 4.78 is 48.7. The lowest BCUT2D eigenvalue weighted by Crippen LogP contribution is -2.28. The first-order valence-electron chi connectivity index (χ1n) is 11.4. The SMILES string of the molecule is COc1ccc(-c2ccccc2F)cc1S(=O)(=O)Nc1cccc(NCCNC(=O)c2ccncc2)c1. The molecule has 0 bridgehead atoms. The van der Waals surface area contributed by atoms with Gasteiger partial charge in [-0.1, -0.05) is 30.3 Å². The molecule has 37 heavy (non-hydrogen) atoms. The largest absolute Gasteiger partial charge is 0.495 e. The highest BCUT2D eigenvalue weighted by Crippen LogP contribution is 2.32. The van der Waals surface area contributed by atoms with Crippen molar-refractivity contribution in [2.24, 2.45) is 0 Å². The number of nitrogens with zero attached hydrogens (tertiary/aromatic N) is 1. The number of ether oxygens (including phenoxy) is 1. The molecule has 1 aromatic heterocycles. The van der Waals surface area contributed by atoms with Crippen molar-refractivity contribution in [2.75, 3.05) is 30.2 Å². The van der Waals surface area contributed by atoms with Crippen molar-refractivity contribution >= 4 is 27.3 Å². The Bertz CT molecular complexity index is 1500. The predicted octanol–water partition coefficient (Wildman–Crippen LogP) is 4.54. The molecule has 0 fully saturated rings. The van der Waals surface area contributed by atoms with E-state index in [-0.39, 0.29) is 22.1 Å². The van der Waals surface area contributed by atoms with Crippen LogP contribution in [0.4, 0.5) is 15.8 Å². The van der Waals surface area contributed by atoms with Gasteiger partial charge in [0, 0.05) is 42.3 Å². The predicted molar refractivity (Wildman–Crippen MR) is 141 cm³/mol. The number of benzene rings is 3. The number of aromatic nitrogens is 1. The molecule has 0 atom stereocenters. The number of nitrogens with one attached hydrogen (secondary N) is 3. The Morgan fingerprint density at radius 3 is 2.43 bits per heavy atom. The van der Waals surface area contributed by atoms with Gasteiger partial charge in [0.15, 0.2) is 0 Å². The van der Waals surface area contributed by atoms with Crippen molar-refractivity contribution in [3.05, 3.63) is 103 Å². The van der Waals surface area contributed by atoms with E-state index in [1.807, 2.05) is 0 Å². The molecule has 0 aliphatic carbocycles. The van der Waals surface area contributed by atoms with Crippen LogP contribution in [0.2, 0.25) is 0 Å². The Hall–Kier alpha value is -4.44. The van der Waals surface area contributed by atoms with Crippen LogP contribution >= 0.6 is 0 Å². The number of rotatable bonds is 10. The molecule has 3 N–H and O–H groups in total. The monoisotopic (exact) mass is 520 g/mol. The number of methoxy groups -OCH3 is 1. The van der Waals surface area contributed by atoms with Crippen LogP contribution in [0.1, 0.15) is 10.4 Å². The fourth-order valence-corrected chi connectivity index (χ4v) is 4.89. The van der Waals surface area contributed by atoms with Crippen molar-refractivity contribution < 1.29 is 22.3 Å². The minimum absolute atomic E-state index is 0.118. The fraction of sp³-hybridized carbons (Fsp3) is 0.111. The van der Waals surface area contributed by atoms with Gasteiger partial charge in [0.1, 0.15) is 16.5 Å². The van der Waals surface area contributed by atoms with Crippen molar-refractivity contribution in [2.45, 2.75) is 4.90 Å². The number of hydrogen-bond donors (Lipinski definition) is 3. The van der Waals surface area contributed by atoms with E-state index >= 15 is 0 Å². The number of carbonyl (C=O) groups excluding carboxylic acids is 1. The molecule has 0 aliphatic heterocycles. The Morgan fingerprint density at radius 2 is 1.68 bits per heavy atom. The number of sulfonamides is 1. The number of anilines is 2. The molecule has 4 aromatic rings. The van der Waals surface area contributed by atoms with Gasteiger partial charge in [0.2, 0.25) is 0 Å². The van der Waals surface area contributed by atoms with Gasteiger partial charge in [0.05, 0.1) is 12.8 Å². The Kier molecular flexibility index (Phi) is 7.99. The Labute approximate surface area is 214 Å². The molecule has 0 saturated carbocycles. The molecule has 0 saturated heterocycles. The molecule has 1 heterocycles. The van der Waals surface area contributed by atoms with Crippen LogP contribution in [0.3, 0.4) is 0 Å². The van der Waals surface area contributed by atoms with Crippen LogP contribution in [-0.2, 0) is 10.0 Å². The van der Waals surface area contributed by atoms with Crippen LogP contribution in [0, 0.1) is 5.82 Å². The van der Waals surface area contributed by atoms with Crippen molar-refractivity contribution in [1.29, 1.82) is 0 Å². The average Bonchev–Trinajstić information content (AvgIpc) is 2.91. The van der Waals surface area contributed by atoms with Crippen molar-refractivity contribution in [3.8, 4) is 16.9 Å². The minimum Gasteiger partial charge on any atom is -0.495 e. The zero-order valence-electron chi connectivity index (χ0n) is 19.9. The summed E-state index contributed by atoms with van der Waals surface area (Å²) in [6.45, 7) is 0.780. The van der Waals surface area contributed by atoms with Gasteiger partial charge >= 0.3 is 0 Å². The maximum atomic E-state index is 14.3. The van der Waals surface area contributed by atoms with E-state index in [0.717, 1.165) is 0 Å². The van der Waals surface area contributed by atoms with Gasteiger partial charge in [0.25, 0.3) is 15.9 Å². The van der Waals surface area contributed by atoms with E-state index in [0.29, 0.717) is 35.6 Å². The second-order valence-corrected chi connectivity index (χ2v) is 9.60. The number of pyridine rings is 1. The lowest BCUT2D eigenvalue weighted by molar-refractivity contribution is 0.0955. The van der Waals surface area contributed by atoms with E-state index < -0.39 is 15.8 Å². The van der Waals surface area contributed by atoms with Gasteiger partial charge in [-0.25, -0.2) is 12.8 Å². The topological polar surface area (TPSA) is 109 Å². The standard InChI is InChI=1S/C27H25FN4O4S/c1-36-25-10-9-20(23-7-2-3-8-24(23)28)17-26(25)37(34,35)32-22-6-4-5-21(18-22)30-15-16-31-27(33)19-11-13-29-14-12-19/h2-14,17-18,30,32H,15-16H2,1H3,(H,31,33). The highest BCUT2D eigenvalue weighted by molar-refractivity contribution is 7.92. The molecule has 0 spiro atoms. The summed E-state index contributed by atoms with van der Waals surface area (Å²) in [4.78, 5) is 15.9. The summed E-state index contributed by atoms with van der Waals surface area (Å²) in [5.74, 6) is -0.538. The van der Waals surface area contributed by atoms with Crippen LogP contribution < -0.4 is 20.1 Å². The normalized spacial score (nSPS) is 11.0. The second-order valence-electron chi connectivity index (χ2n) is 7.95. The molecule has 3 aromatic carbocycles. The zero-order valence-corrected chi connectivity index (χ0v) is 20.8. The Morgan fingerprint density at radius 1 is 0.919 bits per heavy atom. The maximum Gasteiger partial charge on any atom is 0.265 e. The molecule has 0 aliphatic rings. The van der Waals surface area contributed by atoms with Crippen LogP contribution in [0.15, 0.2) is 96.2 Å². The minimum atomic E-state index is -4.07. The highest BCUT2D eigenvalue weighted by Gasteiger charge is 2.21. The van der Waals surface area contributed by atoms with Crippen LogP contribution in [0.5, 0.6) is 5.75 Å². The third-order valence-corrected chi connectivity index (χ3v) is 6.84. The van der Waals surface area contributed by atoms with E-state index in [9.17, 15) is 17.6 Å². The summed E-state index contributed by atoms with van der Waals surface area (Å²) >= 11 is 0. The maximum absolute atomic E-state index is 14.3. The summed E-state index contributed by atoms with van der Waals surface area (Å²) in [5, 5.41) is 5.95. The summed E-state index contributed by atoms with van der Waals surface area (Å²) in [6.07, 6.45) is 3.09. The lowest BCUT2D eigenvalue weighted by Gasteiger charge is -2.14. The van der Waals surface area contributed by atoms with E-state index in [1.54, 1.807) is 73.1 Å². The van der Waals surface area contributed by atoms with Crippen LogP contribution in [0.25, 0.3) is 11.1 Å². The van der Waals surface area contributed by atoms with Crippen molar-refractivity contribution in [1.82, 2.24) is 10.3 Å². The summed E-state index contributed by atoms with van der Waals surface area (Å²) in [7, 11) is -2.70. The molecule has 4 rings (SSSR count). The van der Waals surface area contributed by atoms with Gasteiger partial charge in [-0.05, 0) is 54.1 Å². The first-order chi connectivity index (χ1) is 17.9.